The van der Waals surface area contributed by atoms with E-state index in [2.05, 4.69) is 99.5 Å². The number of hydrogen-bond acceptors (Lipinski definition) is 3. The van der Waals surface area contributed by atoms with Crippen LogP contribution in [-0.4, -0.2) is 60.1 Å². The molecule has 4 rings (SSSR count). The fourth-order valence-electron chi connectivity index (χ4n) is 5.60. The Labute approximate surface area is 262 Å². The van der Waals surface area contributed by atoms with Gasteiger partial charge in [0.1, 0.15) is 6.54 Å². The SMILES string of the molecule is COCCCN(CC(=O)N(CCc1c[nH]c2ccccc12)Cc1ccc(C)cc1)C(=O)Nc1c(C(C)C)cccc1C(C)C. The zero-order valence-corrected chi connectivity index (χ0v) is 27.2. The molecule has 2 N–H and O–H groups in total. The van der Waals surface area contributed by atoms with Crippen molar-refractivity contribution < 1.29 is 14.3 Å². The molecular formula is C37H48N4O3. The van der Waals surface area contributed by atoms with Crippen LogP contribution in [0.25, 0.3) is 10.9 Å². The number of amides is 3. The molecule has 0 aliphatic rings. The van der Waals surface area contributed by atoms with Crippen molar-refractivity contribution in [1.29, 1.82) is 0 Å². The van der Waals surface area contributed by atoms with Crippen molar-refractivity contribution in [2.75, 3.05) is 38.7 Å². The summed E-state index contributed by atoms with van der Waals surface area (Å²) in [6, 6.07) is 22.4. The van der Waals surface area contributed by atoms with Crippen molar-refractivity contribution >= 4 is 28.5 Å². The normalized spacial score (nSPS) is 11.4. The number of nitrogens with zero attached hydrogens (tertiary/aromatic N) is 2. The summed E-state index contributed by atoms with van der Waals surface area (Å²) in [5.41, 5.74) is 7.52. The molecule has 0 aliphatic carbocycles. The number of hydrogen-bond donors (Lipinski definition) is 2. The highest BCUT2D eigenvalue weighted by Gasteiger charge is 2.24. The Hall–Kier alpha value is -4.10. The molecule has 0 radical (unpaired) electrons. The highest BCUT2D eigenvalue weighted by atomic mass is 16.5. The molecule has 0 saturated carbocycles. The molecule has 3 amide bonds. The van der Waals surface area contributed by atoms with Crippen LogP contribution >= 0.6 is 0 Å². The van der Waals surface area contributed by atoms with Crippen LogP contribution in [0.4, 0.5) is 10.5 Å². The number of methoxy groups -OCH3 is 1. The third-order valence-corrected chi connectivity index (χ3v) is 8.17. The van der Waals surface area contributed by atoms with Gasteiger partial charge in [0.15, 0.2) is 0 Å². The molecule has 0 fully saturated rings. The highest BCUT2D eigenvalue weighted by molar-refractivity contribution is 5.94. The molecule has 44 heavy (non-hydrogen) atoms. The molecule has 0 spiro atoms. The zero-order valence-electron chi connectivity index (χ0n) is 27.2. The van der Waals surface area contributed by atoms with Crippen LogP contribution in [0.5, 0.6) is 0 Å². The largest absolute Gasteiger partial charge is 0.385 e. The van der Waals surface area contributed by atoms with E-state index >= 15 is 0 Å². The number of ether oxygens (including phenoxy) is 1. The molecule has 4 aromatic rings. The van der Waals surface area contributed by atoms with E-state index < -0.39 is 0 Å². The number of carbonyl (C=O) groups is 2. The van der Waals surface area contributed by atoms with E-state index in [4.69, 9.17) is 4.74 Å². The summed E-state index contributed by atoms with van der Waals surface area (Å²) in [7, 11) is 1.65. The van der Waals surface area contributed by atoms with Crippen LogP contribution in [0.1, 0.15) is 73.8 Å². The fourth-order valence-corrected chi connectivity index (χ4v) is 5.60. The topological polar surface area (TPSA) is 77.7 Å². The van der Waals surface area contributed by atoms with E-state index in [1.807, 2.05) is 23.2 Å². The van der Waals surface area contributed by atoms with Gasteiger partial charge in [-0.2, -0.15) is 0 Å². The van der Waals surface area contributed by atoms with Crippen molar-refractivity contribution in [3.8, 4) is 0 Å². The maximum Gasteiger partial charge on any atom is 0.322 e. The number of nitrogens with one attached hydrogen (secondary N) is 2. The van der Waals surface area contributed by atoms with Gasteiger partial charge in [-0.1, -0.05) is 93.9 Å². The summed E-state index contributed by atoms with van der Waals surface area (Å²) in [6.07, 6.45) is 3.37. The predicted octanol–water partition coefficient (Wildman–Crippen LogP) is 7.87. The van der Waals surface area contributed by atoms with Crippen molar-refractivity contribution in [2.24, 2.45) is 0 Å². The van der Waals surface area contributed by atoms with Gasteiger partial charge in [0.05, 0.1) is 0 Å². The number of aromatic amines is 1. The maximum atomic E-state index is 14.1. The summed E-state index contributed by atoms with van der Waals surface area (Å²) in [4.78, 5) is 34.8. The second-order valence-electron chi connectivity index (χ2n) is 12.2. The van der Waals surface area contributed by atoms with Gasteiger partial charge in [0.25, 0.3) is 0 Å². The number of carbonyl (C=O) groups excluding carboxylic acids is 2. The number of H-pyrrole nitrogens is 1. The molecule has 0 aliphatic heterocycles. The number of fused-ring (bicyclic) bond motifs is 1. The van der Waals surface area contributed by atoms with Crippen molar-refractivity contribution in [1.82, 2.24) is 14.8 Å². The van der Waals surface area contributed by atoms with E-state index in [0.29, 0.717) is 39.1 Å². The van der Waals surface area contributed by atoms with Gasteiger partial charge >= 0.3 is 6.03 Å². The number of para-hydroxylation sites is 2. The molecule has 0 unspecified atom stereocenters. The molecule has 3 aromatic carbocycles. The van der Waals surface area contributed by atoms with Crippen molar-refractivity contribution in [2.45, 2.75) is 65.8 Å². The minimum Gasteiger partial charge on any atom is -0.385 e. The predicted molar refractivity (Wildman–Crippen MR) is 180 cm³/mol. The van der Waals surface area contributed by atoms with Gasteiger partial charge in [-0.05, 0) is 59.9 Å². The molecule has 0 saturated heterocycles. The molecule has 7 nitrogen and oxygen atoms in total. The second-order valence-corrected chi connectivity index (χ2v) is 12.2. The summed E-state index contributed by atoms with van der Waals surface area (Å²) in [5.74, 6) is 0.392. The monoisotopic (exact) mass is 596 g/mol. The Morgan fingerprint density at radius 3 is 2.20 bits per heavy atom. The van der Waals surface area contributed by atoms with E-state index in [9.17, 15) is 9.59 Å². The lowest BCUT2D eigenvalue weighted by atomic mass is 9.93. The third-order valence-electron chi connectivity index (χ3n) is 8.17. The van der Waals surface area contributed by atoms with E-state index in [1.54, 1.807) is 12.0 Å². The molecule has 0 atom stereocenters. The quantitative estimate of drug-likeness (QED) is 0.146. The highest BCUT2D eigenvalue weighted by Crippen LogP contribution is 2.32. The summed E-state index contributed by atoms with van der Waals surface area (Å²) in [5, 5.41) is 4.38. The van der Waals surface area contributed by atoms with Crippen LogP contribution in [0.15, 0.2) is 72.9 Å². The molecular weight excluding hydrogens is 548 g/mol. The zero-order chi connectivity index (χ0) is 31.6. The average Bonchev–Trinajstić information content (AvgIpc) is 3.42. The first-order chi connectivity index (χ1) is 21.2. The lowest BCUT2D eigenvalue weighted by molar-refractivity contribution is -0.132. The standard InChI is InChI=1S/C37H48N4O3/c1-26(2)31-12-9-13-32(27(3)4)36(31)39-37(43)41(20-10-22-44-6)25-35(42)40(24-29-17-15-28(5)16-18-29)21-19-30-23-38-34-14-8-7-11-33(30)34/h7-9,11-18,23,26-27,38H,10,19-22,24-25H2,1-6H3,(H,39,43). The van der Waals surface area contributed by atoms with Gasteiger partial charge in [-0.15, -0.1) is 0 Å². The van der Waals surface area contributed by atoms with Crippen LogP contribution in [0, 0.1) is 6.92 Å². The van der Waals surface area contributed by atoms with Crippen LogP contribution < -0.4 is 5.32 Å². The molecule has 0 bridgehead atoms. The molecule has 1 aromatic heterocycles. The minimum atomic E-state index is -0.267. The smallest absolute Gasteiger partial charge is 0.322 e. The van der Waals surface area contributed by atoms with Gasteiger partial charge in [-0.3, -0.25) is 4.79 Å². The fraction of sp³-hybridized carbons (Fsp3) is 0.405. The minimum absolute atomic E-state index is 0.0177. The van der Waals surface area contributed by atoms with Gasteiger partial charge in [-0.25, -0.2) is 4.79 Å². The van der Waals surface area contributed by atoms with Crippen molar-refractivity contribution in [3.63, 3.8) is 0 Å². The van der Waals surface area contributed by atoms with Gasteiger partial charge < -0.3 is 24.8 Å². The molecule has 234 valence electrons. The number of anilines is 1. The molecule has 7 heteroatoms. The second kappa shape index (κ2) is 15.6. The Bertz CT molecular complexity index is 1500. The number of urea groups is 1. The summed E-state index contributed by atoms with van der Waals surface area (Å²) in [6.45, 7) is 12.5. The number of rotatable bonds is 14. The Kier molecular flexibility index (Phi) is 11.6. The first-order valence-corrected chi connectivity index (χ1v) is 15.7. The summed E-state index contributed by atoms with van der Waals surface area (Å²) < 4.78 is 5.29. The van der Waals surface area contributed by atoms with Crippen LogP contribution in [0.2, 0.25) is 0 Å². The third kappa shape index (κ3) is 8.50. The molecule has 1 heterocycles. The van der Waals surface area contributed by atoms with Crippen molar-refractivity contribution in [3.05, 3.63) is 101 Å². The number of aromatic nitrogens is 1. The first-order valence-electron chi connectivity index (χ1n) is 15.7. The summed E-state index contributed by atoms with van der Waals surface area (Å²) >= 11 is 0. The van der Waals surface area contributed by atoms with E-state index in [0.717, 1.165) is 27.9 Å². The van der Waals surface area contributed by atoms with E-state index in [1.165, 1.54) is 16.5 Å². The number of benzene rings is 3. The lowest BCUT2D eigenvalue weighted by Gasteiger charge is -2.29. The Balaban J connectivity index is 1.57. The van der Waals surface area contributed by atoms with Crippen LogP contribution in [-0.2, 0) is 22.5 Å². The lowest BCUT2D eigenvalue weighted by Crippen LogP contribution is -2.45. The van der Waals surface area contributed by atoms with Gasteiger partial charge in [0.2, 0.25) is 5.91 Å². The van der Waals surface area contributed by atoms with Crippen LogP contribution in [0.3, 0.4) is 0 Å². The maximum absolute atomic E-state index is 14.1. The number of aryl methyl sites for hydroxylation is 1. The average molecular weight is 597 g/mol. The Morgan fingerprint density at radius 1 is 0.864 bits per heavy atom. The van der Waals surface area contributed by atoms with Gasteiger partial charge in [0, 0.05) is 56.1 Å². The van der Waals surface area contributed by atoms with E-state index in [-0.39, 0.29) is 30.3 Å². The Morgan fingerprint density at radius 2 is 1.55 bits per heavy atom. The first kappa shape index (κ1) is 32.8.